The maximum Gasteiger partial charge on any atom is 0.240 e. The third-order valence-electron chi connectivity index (χ3n) is 4.64. The van der Waals surface area contributed by atoms with Crippen molar-refractivity contribution in [1.82, 2.24) is 15.4 Å². The van der Waals surface area contributed by atoms with Crippen LogP contribution in [0.4, 0.5) is 0 Å². The van der Waals surface area contributed by atoms with Crippen molar-refractivity contribution in [3.05, 3.63) is 52.2 Å². The molecule has 0 spiro atoms. The fraction of sp³-hybridized carbons (Fsp3) is 0.476. The highest BCUT2D eigenvalue weighted by molar-refractivity contribution is 7.89. The van der Waals surface area contributed by atoms with E-state index in [1.807, 2.05) is 19.1 Å². The molecule has 1 aliphatic carbocycles. The number of nitrogens with one attached hydrogen (secondary N) is 3. The van der Waals surface area contributed by atoms with Crippen LogP contribution in [0.25, 0.3) is 0 Å². The lowest BCUT2D eigenvalue weighted by molar-refractivity contribution is 0.562. The second kappa shape index (κ2) is 10.2. The van der Waals surface area contributed by atoms with Crippen molar-refractivity contribution in [1.29, 1.82) is 0 Å². The SMILES string of the molecule is CCNC(=NCc1ccc(S(=O)(=O)NC2CC2)cc1)NCC(C)Cc1cccs1. The number of guanidine groups is 1. The summed E-state index contributed by atoms with van der Waals surface area (Å²) >= 11 is 1.79. The van der Waals surface area contributed by atoms with Crippen LogP contribution in [0, 0.1) is 5.92 Å². The Hall–Kier alpha value is -1.90. The summed E-state index contributed by atoms with van der Waals surface area (Å²) in [4.78, 5) is 6.34. The minimum atomic E-state index is -3.40. The number of rotatable bonds is 10. The molecule has 0 bridgehead atoms. The molecule has 158 valence electrons. The molecule has 0 radical (unpaired) electrons. The van der Waals surface area contributed by atoms with Gasteiger partial charge in [0.15, 0.2) is 5.96 Å². The normalized spacial score (nSPS) is 15.9. The van der Waals surface area contributed by atoms with E-state index in [0.29, 0.717) is 17.4 Å². The molecule has 3 N–H and O–H groups in total. The Morgan fingerprint density at radius 2 is 1.97 bits per heavy atom. The molecule has 1 atom stereocenters. The molecular formula is C21H30N4O2S2. The van der Waals surface area contributed by atoms with Gasteiger partial charge < -0.3 is 10.6 Å². The van der Waals surface area contributed by atoms with Crippen LogP contribution in [-0.2, 0) is 23.0 Å². The van der Waals surface area contributed by atoms with Crippen molar-refractivity contribution < 1.29 is 8.42 Å². The number of thiophene rings is 1. The van der Waals surface area contributed by atoms with E-state index in [1.165, 1.54) is 4.88 Å². The summed E-state index contributed by atoms with van der Waals surface area (Å²) in [7, 11) is -3.40. The highest BCUT2D eigenvalue weighted by Crippen LogP contribution is 2.22. The Labute approximate surface area is 177 Å². The first-order valence-corrected chi connectivity index (χ1v) is 12.5. The van der Waals surface area contributed by atoms with Gasteiger partial charge in [-0.05, 0) is 61.2 Å². The van der Waals surface area contributed by atoms with Crippen molar-refractivity contribution >= 4 is 27.3 Å². The molecule has 29 heavy (non-hydrogen) atoms. The van der Waals surface area contributed by atoms with E-state index < -0.39 is 10.0 Å². The quantitative estimate of drug-likeness (QED) is 0.396. The molecule has 8 heteroatoms. The molecule has 1 aromatic heterocycles. The summed E-state index contributed by atoms with van der Waals surface area (Å²) in [6.45, 7) is 6.39. The van der Waals surface area contributed by atoms with Crippen LogP contribution in [0.15, 0.2) is 51.7 Å². The first-order valence-electron chi connectivity index (χ1n) is 10.1. The van der Waals surface area contributed by atoms with Gasteiger partial charge in [-0.15, -0.1) is 11.3 Å². The molecule has 0 aliphatic heterocycles. The van der Waals surface area contributed by atoms with E-state index in [4.69, 9.17) is 0 Å². The molecule has 2 aromatic rings. The summed E-state index contributed by atoms with van der Waals surface area (Å²) < 4.78 is 27.2. The fourth-order valence-corrected chi connectivity index (χ4v) is 5.06. The molecule has 1 aliphatic rings. The predicted molar refractivity (Wildman–Crippen MR) is 120 cm³/mol. The highest BCUT2D eigenvalue weighted by Gasteiger charge is 2.27. The van der Waals surface area contributed by atoms with Gasteiger partial charge in [-0.2, -0.15) is 0 Å². The summed E-state index contributed by atoms with van der Waals surface area (Å²) in [5.41, 5.74) is 0.971. The Morgan fingerprint density at radius 1 is 1.21 bits per heavy atom. The van der Waals surface area contributed by atoms with Crippen molar-refractivity contribution in [2.45, 2.75) is 50.6 Å². The lowest BCUT2D eigenvalue weighted by atomic mass is 10.1. The zero-order valence-corrected chi connectivity index (χ0v) is 18.7. The average Bonchev–Trinajstić information content (AvgIpc) is 3.35. The molecule has 3 rings (SSSR count). The fourth-order valence-electron chi connectivity index (χ4n) is 2.89. The van der Waals surface area contributed by atoms with Gasteiger partial charge in [0.05, 0.1) is 11.4 Å². The maximum absolute atomic E-state index is 12.2. The van der Waals surface area contributed by atoms with Crippen molar-refractivity contribution in [2.75, 3.05) is 13.1 Å². The Balaban J connectivity index is 1.53. The third-order valence-corrected chi connectivity index (χ3v) is 7.08. The van der Waals surface area contributed by atoms with Crippen LogP contribution < -0.4 is 15.4 Å². The lowest BCUT2D eigenvalue weighted by Gasteiger charge is -2.15. The van der Waals surface area contributed by atoms with Gasteiger partial charge in [-0.1, -0.05) is 25.1 Å². The van der Waals surface area contributed by atoms with E-state index in [2.05, 4.69) is 44.8 Å². The molecule has 1 fully saturated rings. The molecular weight excluding hydrogens is 404 g/mol. The molecule has 1 saturated carbocycles. The summed E-state index contributed by atoms with van der Waals surface area (Å²) in [5.74, 6) is 1.28. The van der Waals surface area contributed by atoms with Gasteiger partial charge in [0.25, 0.3) is 0 Å². The number of benzene rings is 1. The van der Waals surface area contributed by atoms with Gasteiger partial charge in [0.2, 0.25) is 10.0 Å². The van der Waals surface area contributed by atoms with Crippen LogP contribution in [0.5, 0.6) is 0 Å². The van der Waals surface area contributed by atoms with E-state index in [9.17, 15) is 8.42 Å². The highest BCUT2D eigenvalue weighted by atomic mass is 32.2. The molecule has 1 unspecified atom stereocenters. The monoisotopic (exact) mass is 434 g/mol. The van der Waals surface area contributed by atoms with Crippen molar-refractivity contribution in [2.24, 2.45) is 10.9 Å². The smallest absolute Gasteiger partial charge is 0.240 e. The number of hydrogen-bond donors (Lipinski definition) is 3. The zero-order chi connectivity index (χ0) is 20.7. The second-order valence-electron chi connectivity index (χ2n) is 7.50. The van der Waals surface area contributed by atoms with Crippen LogP contribution >= 0.6 is 11.3 Å². The molecule has 1 aromatic carbocycles. The standard InChI is InChI=1S/C21H30N4O2S2/c1-3-22-21(23-14-16(2)13-19-5-4-12-28-19)24-15-17-6-10-20(11-7-17)29(26,27)25-18-8-9-18/h4-7,10-12,16,18,25H,3,8-9,13-15H2,1-2H3,(H2,22,23,24). The van der Waals surface area contributed by atoms with Crippen LogP contribution in [0.2, 0.25) is 0 Å². The van der Waals surface area contributed by atoms with E-state index in [-0.39, 0.29) is 6.04 Å². The lowest BCUT2D eigenvalue weighted by Crippen LogP contribution is -2.39. The summed E-state index contributed by atoms with van der Waals surface area (Å²) in [6, 6.07) is 11.3. The Morgan fingerprint density at radius 3 is 2.59 bits per heavy atom. The van der Waals surface area contributed by atoms with Crippen LogP contribution in [0.3, 0.4) is 0 Å². The Kier molecular flexibility index (Phi) is 7.69. The summed E-state index contributed by atoms with van der Waals surface area (Å²) in [5, 5.41) is 8.78. The van der Waals surface area contributed by atoms with E-state index in [1.54, 1.807) is 23.5 Å². The third kappa shape index (κ3) is 7.13. The van der Waals surface area contributed by atoms with E-state index >= 15 is 0 Å². The topological polar surface area (TPSA) is 82.6 Å². The van der Waals surface area contributed by atoms with Gasteiger partial charge in [-0.25, -0.2) is 18.1 Å². The molecule has 6 nitrogen and oxygen atoms in total. The second-order valence-corrected chi connectivity index (χ2v) is 10.3. The van der Waals surface area contributed by atoms with Gasteiger partial charge in [0, 0.05) is 24.0 Å². The number of nitrogens with zero attached hydrogens (tertiary/aromatic N) is 1. The minimum Gasteiger partial charge on any atom is -0.357 e. The predicted octanol–water partition coefficient (Wildman–Crippen LogP) is 3.12. The van der Waals surface area contributed by atoms with Crippen molar-refractivity contribution in [3.8, 4) is 0 Å². The molecule has 0 amide bonds. The maximum atomic E-state index is 12.2. The number of aliphatic imine (C=N–C) groups is 1. The largest absolute Gasteiger partial charge is 0.357 e. The first kappa shape index (κ1) is 21.8. The van der Waals surface area contributed by atoms with Crippen molar-refractivity contribution in [3.63, 3.8) is 0 Å². The van der Waals surface area contributed by atoms with Gasteiger partial charge in [-0.3, -0.25) is 0 Å². The number of hydrogen-bond acceptors (Lipinski definition) is 4. The molecule has 1 heterocycles. The van der Waals surface area contributed by atoms with Gasteiger partial charge in [0.1, 0.15) is 0 Å². The van der Waals surface area contributed by atoms with E-state index in [0.717, 1.165) is 43.9 Å². The zero-order valence-electron chi connectivity index (χ0n) is 17.0. The van der Waals surface area contributed by atoms with Crippen LogP contribution in [0.1, 0.15) is 37.1 Å². The van der Waals surface area contributed by atoms with Crippen LogP contribution in [-0.4, -0.2) is 33.5 Å². The van der Waals surface area contributed by atoms with Gasteiger partial charge >= 0.3 is 0 Å². The number of sulfonamides is 1. The first-order chi connectivity index (χ1) is 14.0. The molecule has 0 saturated heterocycles. The summed E-state index contributed by atoms with van der Waals surface area (Å²) in [6.07, 6.45) is 2.91. The average molecular weight is 435 g/mol. The Bertz CT molecular complexity index is 889. The minimum absolute atomic E-state index is 0.111.